The van der Waals surface area contributed by atoms with E-state index in [0.29, 0.717) is 23.6 Å². The summed E-state index contributed by atoms with van der Waals surface area (Å²) < 4.78 is 20.4. The van der Waals surface area contributed by atoms with Crippen LogP contribution in [0.5, 0.6) is 0 Å². The van der Waals surface area contributed by atoms with E-state index in [2.05, 4.69) is 48.4 Å². The molecule has 2 aliphatic heterocycles. The molecule has 3 aliphatic rings. The highest BCUT2D eigenvalue weighted by atomic mass is 19.1. The van der Waals surface area contributed by atoms with Crippen molar-refractivity contribution in [2.24, 2.45) is 0 Å². The van der Waals surface area contributed by atoms with Crippen molar-refractivity contribution in [3.8, 4) is 5.69 Å². The van der Waals surface area contributed by atoms with E-state index in [4.69, 9.17) is 4.74 Å². The summed E-state index contributed by atoms with van der Waals surface area (Å²) in [6, 6.07) is 8.70. The second-order valence-corrected chi connectivity index (χ2v) is 8.80. The summed E-state index contributed by atoms with van der Waals surface area (Å²) in [5.41, 5.74) is 4.13. The molecule has 2 aromatic heterocycles. The van der Waals surface area contributed by atoms with Crippen LogP contribution in [0.2, 0.25) is 0 Å². The topological polar surface area (TPSA) is 71.3 Å². The van der Waals surface area contributed by atoms with Gasteiger partial charge in [-0.05, 0) is 42.5 Å². The van der Waals surface area contributed by atoms with Crippen molar-refractivity contribution in [2.75, 3.05) is 49.6 Å². The van der Waals surface area contributed by atoms with E-state index in [1.807, 2.05) is 0 Å². The number of halogens is 1. The summed E-state index contributed by atoms with van der Waals surface area (Å²) in [7, 11) is 0. The van der Waals surface area contributed by atoms with Crippen molar-refractivity contribution in [3.63, 3.8) is 0 Å². The number of pyridine rings is 1. The third kappa shape index (κ3) is 4.05. The number of aromatic nitrogens is 4. The number of benzene rings is 1. The second-order valence-electron chi connectivity index (χ2n) is 8.80. The summed E-state index contributed by atoms with van der Waals surface area (Å²) >= 11 is 0. The molecule has 0 bridgehead atoms. The van der Waals surface area contributed by atoms with E-state index in [-0.39, 0.29) is 1.43 Å². The third-order valence-corrected chi connectivity index (χ3v) is 6.51. The number of rotatable bonds is 6. The van der Waals surface area contributed by atoms with Crippen LogP contribution in [0.1, 0.15) is 25.7 Å². The summed E-state index contributed by atoms with van der Waals surface area (Å²) in [6.07, 6.45) is 6.79. The molecule has 32 heavy (non-hydrogen) atoms. The minimum atomic E-state index is -0.404. The maximum atomic E-state index is 13.5. The Morgan fingerprint density at radius 2 is 1.84 bits per heavy atom. The lowest BCUT2D eigenvalue weighted by atomic mass is 10.1. The average Bonchev–Trinajstić information content (AvgIpc) is 3.52. The number of hydrogen-bond donors (Lipinski definition) is 1. The van der Waals surface area contributed by atoms with E-state index in [9.17, 15) is 4.39 Å². The van der Waals surface area contributed by atoms with Gasteiger partial charge in [0.05, 0.1) is 37.3 Å². The Morgan fingerprint density at radius 3 is 2.56 bits per heavy atom. The monoisotopic (exact) mass is 437 g/mol. The minimum absolute atomic E-state index is 0. The molecule has 2 saturated heterocycles. The quantitative estimate of drug-likeness (QED) is 0.635. The lowest BCUT2D eigenvalue weighted by Crippen LogP contribution is -2.56. The Hall–Kier alpha value is -3.04. The number of nitrogens with zero attached hydrogens (tertiary/aromatic N) is 6. The van der Waals surface area contributed by atoms with Crippen LogP contribution in [-0.2, 0) is 4.74 Å². The molecule has 4 heterocycles. The standard InChI is InChI=1S/C23H26FN7O.H2/c24-18-9-21(12-25-11-18)31-15-26-23(28-31)27-19-7-17(16-1-2-16)8-20(10-19)29-3-5-30(6-4-29)22-13-32-14-22;/h7-12,15-16,22H,1-6,13-14H2,(H,27,28);1H. The summed E-state index contributed by atoms with van der Waals surface area (Å²) in [6.45, 7) is 5.91. The highest BCUT2D eigenvalue weighted by Crippen LogP contribution is 2.42. The average molecular weight is 438 g/mol. The molecule has 1 N–H and O–H groups in total. The Labute approximate surface area is 187 Å². The first-order valence-corrected chi connectivity index (χ1v) is 11.2. The number of piperazine rings is 1. The first kappa shape index (κ1) is 19.6. The van der Waals surface area contributed by atoms with E-state index in [0.717, 1.165) is 45.1 Å². The zero-order valence-electron chi connectivity index (χ0n) is 17.8. The SMILES string of the molecule is Fc1cncc(-n2cnc(Nc3cc(C4CC4)cc(N4CCN(C5COC5)CC4)c3)n2)c1.[HH]. The molecule has 0 radical (unpaired) electrons. The molecule has 3 aromatic rings. The van der Waals surface area contributed by atoms with Gasteiger partial charge in [0.25, 0.3) is 0 Å². The summed E-state index contributed by atoms with van der Waals surface area (Å²) in [5.74, 6) is 0.718. The maximum absolute atomic E-state index is 13.5. The van der Waals surface area contributed by atoms with Crippen molar-refractivity contribution < 1.29 is 10.6 Å². The van der Waals surface area contributed by atoms with Crippen LogP contribution in [0, 0.1) is 5.82 Å². The molecular weight excluding hydrogens is 409 g/mol. The van der Waals surface area contributed by atoms with Crippen molar-refractivity contribution in [3.05, 3.63) is 54.4 Å². The first-order chi connectivity index (χ1) is 15.7. The van der Waals surface area contributed by atoms with E-state index < -0.39 is 5.82 Å². The molecule has 0 amide bonds. The van der Waals surface area contributed by atoms with Gasteiger partial charge < -0.3 is 15.0 Å². The Bertz CT molecular complexity index is 1110. The Kier molecular flexibility index (Phi) is 4.99. The fourth-order valence-electron chi connectivity index (χ4n) is 4.42. The van der Waals surface area contributed by atoms with Gasteiger partial charge in [0, 0.05) is 45.0 Å². The van der Waals surface area contributed by atoms with Gasteiger partial charge in [0.1, 0.15) is 12.1 Å². The highest BCUT2D eigenvalue weighted by molar-refractivity contribution is 5.65. The zero-order valence-corrected chi connectivity index (χ0v) is 17.8. The maximum Gasteiger partial charge on any atom is 0.246 e. The van der Waals surface area contributed by atoms with Gasteiger partial charge in [0.15, 0.2) is 0 Å². The molecule has 0 spiro atoms. The molecular formula is C23H28FN7O. The molecule has 9 heteroatoms. The van der Waals surface area contributed by atoms with E-state index >= 15 is 0 Å². The number of hydrogen-bond acceptors (Lipinski definition) is 7. The normalized spacial score (nSPS) is 19.7. The smallest absolute Gasteiger partial charge is 0.246 e. The number of nitrogens with one attached hydrogen (secondary N) is 1. The van der Waals surface area contributed by atoms with Gasteiger partial charge in [0.2, 0.25) is 5.95 Å². The van der Waals surface area contributed by atoms with Crippen molar-refractivity contribution in [1.82, 2.24) is 24.6 Å². The molecule has 1 aromatic carbocycles. The van der Waals surface area contributed by atoms with Crippen LogP contribution in [0.25, 0.3) is 5.69 Å². The number of ether oxygens (including phenoxy) is 1. The van der Waals surface area contributed by atoms with Gasteiger partial charge in [-0.15, -0.1) is 5.10 Å². The van der Waals surface area contributed by atoms with Crippen LogP contribution in [-0.4, -0.2) is 70.1 Å². The predicted octanol–water partition coefficient (Wildman–Crippen LogP) is 3.19. The lowest BCUT2D eigenvalue weighted by molar-refractivity contribution is -0.0660. The van der Waals surface area contributed by atoms with Gasteiger partial charge in [-0.2, -0.15) is 4.98 Å². The molecule has 8 nitrogen and oxygen atoms in total. The molecule has 168 valence electrons. The lowest BCUT2D eigenvalue weighted by Gasteiger charge is -2.43. The van der Waals surface area contributed by atoms with E-state index in [1.165, 1.54) is 41.0 Å². The zero-order chi connectivity index (χ0) is 21.5. The fraction of sp³-hybridized carbons (Fsp3) is 0.435. The highest BCUT2D eigenvalue weighted by Gasteiger charge is 2.30. The van der Waals surface area contributed by atoms with E-state index in [1.54, 1.807) is 12.5 Å². The van der Waals surface area contributed by atoms with Crippen LogP contribution in [0.4, 0.5) is 21.7 Å². The molecule has 3 fully saturated rings. The van der Waals surface area contributed by atoms with Gasteiger partial charge in [-0.1, -0.05) is 0 Å². The van der Waals surface area contributed by atoms with Crippen LogP contribution >= 0.6 is 0 Å². The molecule has 6 rings (SSSR count). The van der Waals surface area contributed by atoms with Gasteiger partial charge >= 0.3 is 0 Å². The molecule has 1 aliphatic carbocycles. The first-order valence-electron chi connectivity index (χ1n) is 11.2. The van der Waals surface area contributed by atoms with Gasteiger partial charge in [-0.25, -0.2) is 9.07 Å². The number of anilines is 3. The fourth-order valence-corrected chi connectivity index (χ4v) is 4.42. The van der Waals surface area contributed by atoms with Crippen molar-refractivity contribution in [1.29, 1.82) is 0 Å². The Balaban J connectivity index is 0.00000228. The molecule has 1 saturated carbocycles. The Morgan fingerprint density at radius 1 is 1.00 bits per heavy atom. The van der Waals surface area contributed by atoms with Gasteiger partial charge in [-0.3, -0.25) is 9.88 Å². The minimum Gasteiger partial charge on any atom is -0.378 e. The van der Waals surface area contributed by atoms with Crippen LogP contribution < -0.4 is 10.2 Å². The second kappa shape index (κ2) is 8.14. The molecule has 0 atom stereocenters. The van der Waals surface area contributed by atoms with Crippen LogP contribution in [0.15, 0.2) is 43.0 Å². The van der Waals surface area contributed by atoms with Crippen LogP contribution in [0.3, 0.4) is 0 Å². The predicted molar refractivity (Wildman–Crippen MR) is 121 cm³/mol. The summed E-state index contributed by atoms with van der Waals surface area (Å²) in [4.78, 5) is 13.2. The summed E-state index contributed by atoms with van der Waals surface area (Å²) in [5, 5.41) is 7.80. The van der Waals surface area contributed by atoms with Crippen molar-refractivity contribution >= 4 is 17.3 Å². The van der Waals surface area contributed by atoms with Crippen molar-refractivity contribution in [2.45, 2.75) is 24.8 Å². The largest absolute Gasteiger partial charge is 0.378 e. The molecule has 0 unspecified atom stereocenters. The third-order valence-electron chi connectivity index (χ3n) is 6.51.